The Bertz CT molecular complexity index is 697. The van der Waals surface area contributed by atoms with Crippen LogP contribution in [0, 0.1) is 18.3 Å². The van der Waals surface area contributed by atoms with E-state index in [1.807, 2.05) is 13.0 Å². The monoisotopic (exact) mass is 434 g/mol. The van der Waals surface area contributed by atoms with Gasteiger partial charge in [-0.15, -0.1) is 0 Å². The fraction of sp³-hybridized carbons (Fsp3) is 0.800. The van der Waals surface area contributed by atoms with Gasteiger partial charge in [-0.05, 0) is 63.5 Å². The molecule has 0 amide bonds. The molecule has 1 aromatic heterocycles. The van der Waals surface area contributed by atoms with E-state index in [1.165, 1.54) is 32.1 Å². The molecule has 3 heterocycles. The fourth-order valence-electron chi connectivity index (χ4n) is 3.91. The van der Waals surface area contributed by atoms with Crippen molar-refractivity contribution >= 4 is 5.97 Å². The zero-order valence-corrected chi connectivity index (χ0v) is 17.1. The molecule has 1 atom stereocenters. The summed E-state index contributed by atoms with van der Waals surface area (Å²) < 4.78 is 48.8. The van der Waals surface area contributed by atoms with Gasteiger partial charge in [-0.1, -0.05) is 5.16 Å². The number of hydrogen-bond donors (Lipinski definition) is 1. The maximum Gasteiger partial charge on any atom is 0.490 e. The summed E-state index contributed by atoms with van der Waals surface area (Å²) in [6.45, 7) is 7.76. The smallest absolute Gasteiger partial charge is 0.475 e. The quantitative estimate of drug-likeness (QED) is 0.734. The Hall–Kier alpha value is -1.65. The topological polar surface area (TPSA) is 85.0 Å². The summed E-state index contributed by atoms with van der Waals surface area (Å²) in [6.07, 6.45) is 1.58. The number of rotatable bonds is 6. The lowest BCUT2D eigenvalue weighted by Crippen LogP contribution is -2.40. The summed E-state index contributed by atoms with van der Waals surface area (Å²) in [7, 11) is 0. The van der Waals surface area contributed by atoms with Crippen molar-refractivity contribution in [2.24, 2.45) is 11.3 Å². The molecule has 1 N–H and O–H groups in total. The number of likely N-dealkylation sites (tertiary alicyclic amines) is 1. The number of aromatic nitrogens is 1. The molecular formula is C20H29F3N2O5. The molecule has 4 rings (SSSR count). The number of ether oxygens (including phenoxy) is 2. The summed E-state index contributed by atoms with van der Waals surface area (Å²) in [5, 5.41) is 11.2. The molecule has 3 fully saturated rings. The Balaban J connectivity index is 0.000000318. The van der Waals surface area contributed by atoms with E-state index >= 15 is 0 Å². The van der Waals surface area contributed by atoms with Crippen molar-refractivity contribution in [3.63, 3.8) is 0 Å². The summed E-state index contributed by atoms with van der Waals surface area (Å²) in [5.41, 5.74) is 1.44. The van der Waals surface area contributed by atoms with Crippen LogP contribution in [0.4, 0.5) is 13.2 Å². The van der Waals surface area contributed by atoms with Crippen molar-refractivity contribution < 1.29 is 37.1 Å². The predicted octanol–water partition coefficient (Wildman–Crippen LogP) is 3.41. The molecule has 0 bridgehead atoms. The number of halogens is 3. The van der Waals surface area contributed by atoms with E-state index in [-0.39, 0.29) is 0 Å². The third-order valence-corrected chi connectivity index (χ3v) is 5.86. The minimum Gasteiger partial charge on any atom is -0.475 e. The van der Waals surface area contributed by atoms with Crippen molar-refractivity contribution in [3.05, 3.63) is 17.5 Å². The van der Waals surface area contributed by atoms with Gasteiger partial charge in [0.1, 0.15) is 5.76 Å². The number of carboxylic acid groups (broad SMARTS) is 1. The fourth-order valence-corrected chi connectivity index (χ4v) is 3.91. The van der Waals surface area contributed by atoms with Gasteiger partial charge in [-0.2, -0.15) is 13.2 Å². The van der Waals surface area contributed by atoms with Crippen molar-refractivity contribution in [2.75, 3.05) is 32.9 Å². The molecule has 0 aromatic carbocycles. The van der Waals surface area contributed by atoms with E-state index in [0.29, 0.717) is 11.5 Å². The summed E-state index contributed by atoms with van der Waals surface area (Å²) in [5.74, 6) is -1.02. The van der Waals surface area contributed by atoms with Gasteiger partial charge in [0, 0.05) is 19.2 Å². The van der Waals surface area contributed by atoms with E-state index in [2.05, 4.69) is 10.1 Å². The standard InChI is InChI=1S/C18H28N2O3.C2HF3O2/c1-14-8-16(19-23-14)10-20-6-4-18(5-7-20)9-17(22-13-18)12-21-11-15-2-3-15;3-2(4,5)1(6)7/h8,15,17H,2-7,9-13H2,1H3;(H,6,7). The number of piperidine rings is 1. The Kier molecular flexibility index (Phi) is 7.41. The first kappa shape index (κ1) is 23.0. The van der Waals surface area contributed by atoms with E-state index in [1.54, 1.807) is 0 Å². The third-order valence-electron chi connectivity index (χ3n) is 5.86. The van der Waals surface area contributed by atoms with Gasteiger partial charge in [-0.3, -0.25) is 4.90 Å². The Labute approximate surface area is 173 Å². The van der Waals surface area contributed by atoms with Crippen LogP contribution in [0.2, 0.25) is 0 Å². The molecule has 3 aliphatic rings. The average molecular weight is 434 g/mol. The van der Waals surface area contributed by atoms with Gasteiger partial charge >= 0.3 is 12.1 Å². The molecule has 30 heavy (non-hydrogen) atoms. The number of nitrogens with zero attached hydrogens (tertiary/aromatic N) is 2. The van der Waals surface area contributed by atoms with Crippen LogP contribution < -0.4 is 0 Å². The molecule has 1 unspecified atom stereocenters. The van der Waals surface area contributed by atoms with E-state index in [4.69, 9.17) is 23.9 Å². The minimum absolute atomic E-state index is 0.318. The normalized spacial score (nSPS) is 23.9. The Morgan fingerprint density at radius 3 is 2.53 bits per heavy atom. The van der Waals surface area contributed by atoms with E-state index in [9.17, 15) is 13.2 Å². The first-order valence-corrected chi connectivity index (χ1v) is 10.3. The number of carboxylic acids is 1. The summed E-state index contributed by atoms with van der Waals surface area (Å²) >= 11 is 0. The van der Waals surface area contributed by atoms with Crippen molar-refractivity contribution in [3.8, 4) is 0 Å². The van der Waals surface area contributed by atoms with E-state index < -0.39 is 12.1 Å². The second kappa shape index (κ2) is 9.65. The zero-order valence-electron chi connectivity index (χ0n) is 17.1. The Morgan fingerprint density at radius 1 is 1.33 bits per heavy atom. The first-order chi connectivity index (χ1) is 14.2. The highest BCUT2D eigenvalue weighted by molar-refractivity contribution is 5.73. The highest BCUT2D eigenvalue weighted by Crippen LogP contribution is 2.42. The molecule has 1 spiro atoms. The molecule has 2 aliphatic heterocycles. The molecule has 1 aliphatic carbocycles. The predicted molar refractivity (Wildman–Crippen MR) is 99.8 cm³/mol. The van der Waals surface area contributed by atoms with Gasteiger partial charge < -0.3 is 19.1 Å². The summed E-state index contributed by atoms with van der Waals surface area (Å²) in [6, 6.07) is 2.04. The molecule has 170 valence electrons. The highest BCUT2D eigenvalue weighted by Gasteiger charge is 2.42. The SMILES string of the molecule is Cc1cc(CN2CCC3(CC2)COC(COCC2CC2)C3)no1.O=C(O)C(F)(F)F. The maximum atomic E-state index is 10.6. The molecular weight excluding hydrogens is 405 g/mol. The molecule has 0 radical (unpaired) electrons. The second-order valence-corrected chi connectivity index (χ2v) is 8.63. The van der Waals surface area contributed by atoms with Crippen LogP contribution in [0.1, 0.15) is 43.6 Å². The van der Waals surface area contributed by atoms with Gasteiger partial charge in [0.15, 0.2) is 0 Å². The summed E-state index contributed by atoms with van der Waals surface area (Å²) in [4.78, 5) is 11.4. The lowest BCUT2D eigenvalue weighted by atomic mass is 9.76. The van der Waals surface area contributed by atoms with Crippen molar-refractivity contribution in [1.29, 1.82) is 0 Å². The van der Waals surface area contributed by atoms with Crippen LogP contribution in [0.5, 0.6) is 0 Å². The molecule has 10 heteroatoms. The van der Waals surface area contributed by atoms with Crippen LogP contribution in [0.25, 0.3) is 0 Å². The number of aliphatic carboxylic acids is 1. The zero-order chi connectivity index (χ0) is 21.8. The van der Waals surface area contributed by atoms with Crippen molar-refractivity contribution in [2.45, 2.75) is 57.9 Å². The molecule has 1 aromatic rings. The maximum absolute atomic E-state index is 10.6. The lowest BCUT2D eigenvalue weighted by molar-refractivity contribution is -0.192. The van der Waals surface area contributed by atoms with Crippen LogP contribution in [0.3, 0.4) is 0 Å². The highest BCUT2D eigenvalue weighted by atomic mass is 19.4. The number of alkyl halides is 3. The second-order valence-electron chi connectivity index (χ2n) is 8.63. The number of hydrogen-bond acceptors (Lipinski definition) is 6. The van der Waals surface area contributed by atoms with Gasteiger partial charge in [0.25, 0.3) is 0 Å². The molecule has 1 saturated carbocycles. The van der Waals surface area contributed by atoms with Crippen molar-refractivity contribution in [1.82, 2.24) is 10.1 Å². The number of aryl methyl sites for hydroxylation is 1. The average Bonchev–Trinajstić information content (AvgIpc) is 3.29. The molecule has 7 nitrogen and oxygen atoms in total. The first-order valence-electron chi connectivity index (χ1n) is 10.3. The van der Waals surface area contributed by atoms with Crippen LogP contribution in [0.15, 0.2) is 10.6 Å². The van der Waals surface area contributed by atoms with Crippen LogP contribution in [-0.2, 0) is 20.8 Å². The lowest BCUT2D eigenvalue weighted by Gasteiger charge is -2.38. The van der Waals surface area contributed by atoms with Gasteiger partial charge in [0.2, 0.25) is 0 Å². The van der Waals surface area contributed by atoms with Crippen LogP contribution in [-0.4, -0.2) is 66.3 Å². The van der Waals surface area contributed by atoms with Gasteiger partial charge in [0.05, 0.1) is 25.0 Å². The minimum atomic E-state index is -5.08. The third kappa shape index (κ3) is 6.95. The largest absolute Gasteiger partial charge is 0.490 e. The number of carbonyl (C=O) groups is 1. The van der Waals surface area contributed by atoms with Gasteiger partial charge in [-0.25, -0.2) is 4.79 Å². The van der Waals surface area contributed by atoms with E-state index in [0.717, 1.165) is 56.8 Å². The Morgan fingerprint density at radius 2 is 2.00 bits per heavy atom. The molecule has 2 saturated heterocycles. The van der Waals surface area contributed by atoms with Crippen LogP contribution >= 0.6 is 0 Å².